The van der Waals surface area contributed by atoms with Crippen molar-refractivity contribution in [3.63, 3.8) is 0 Å². The van der Waals surface area contributed by atoms with Crippen molar-refractivity contribution < 1.29 is 57.2 Å². The SMILES string of the molecule is CC[C@H](C)[C@@H](C(=O)N[C@H](Cc1cc(Cl)c(O)c(Cl)c1)C(=O)OC)N(C)C(=O)[C@]1(C)O[C@H]1C[C@@H](OC)/C(C)=C/C=C/[C@@H](C)[C@H](OC(=O)[C@@H](NC(=O)OCC1c2ccccc2-c2ccccc21)C(C)(C)O[Si](CC)(CC)CC)c1ccccc1. The second-order valence-corrected chi connectivity index (χ2v) is 27.9. The first-order valence-electron chi connectivity index (χ1n) is 28.4. The molecule has 444 valence electrons. The summed E-state index contributed by atoms with van der Waals surface area (Å²) < 4.78 is 36.7. The molecule has 1 saturated heterocycles. The number of allylic oxidation sites excluding steroid dienone is 2. The van der Waals surface area contributed by atoms with E-state index in [2.05, 4.69) is 55.7 Å². The van der Waals surface area contributed by atoms with Crippen molar-refractivity contribution in [2.24, 2.45) is 11.8 Å². The number of aromatic hydroxyl groups is 1. The minimum absolute atomic E-state index is 0.0170. The van der Waals surface area contributed by atoms with E-state index in [0.717, 1.165) is 51.5 Å². The Hall–Kier alpha value is -6.01. The summed E-state index contributed by atoms with van der Waals surface area (Å²) in [5.74, 6) is -3.56. The van der Waals surface area contributed by atoms with Crippen LogP contribution in [0.3, 0.4) is 0 Å². The van der Waals surface area contributed by atoms with E-state index in [1.165, 1.54) is 24.1 Å². The molecule has 2 aliphatic rings. The van der Waals surface area contributed by atoms with Crippen LogP contribution in [0, 0.1) is 11.8 Å². The fourth-order valence-corrected chi connectivity index (χ4v) is 14.9. The highest BCUT2D eigenvalue weighted by atomic mass is 35.5. The Balaban J connectivity index is 1.15. The van der Waals surface area contributed by atoms with E-state index in [1.54, 1.807) is 21.1 Å². The standard InChI is InChI=1S/C64H83Cl2N3O12Si/c1-14-39(5)54(58(71)67-51(59(72)77-13)36-42-34-49(65)55(70)50(66)35-42)69(11)61(74)64(10)53(80-64)37-52(76-12)40(6)26-25-27-41(7)56(43-28-19-18-20-29-43)79-60(73)57(63(8,9)81-82(15-2,16-3)17-4)68-62(75)78-38-48-46-32-23-21-30-44(46)45-31-22-24-33-47(45)48/h18-35,39,41,48,51-54,56-57,70H,14-17,36-38H2,1-13H3,(H,67,71)(H,68,75)/b27-25+,40-26+/t39-,41+,51+,52+,53-,54-,56-,57+,64+/m0/s1. The second-order valence-electron chi connectivity index (χ2n) is 22.4. The molecule has 15 nitrogen and oxygen atoms in total. The van der Waals surface area contributed by atoms with Gasteiger partial charge in [-0.25, -0.2) is 14.4 Å². The number of hydrogen-bond donors (Lipinski definition) is 3. The zero-order valence-corrected chi connectivity index (χ0v) is 52.2. The van der Waals surface area contributed by atoms with Gasteiger partial charge < -0.3 is 48.8 Å². The minimum Gasteiger partial charge on any atom is -0.505 e. The molecular formula is C64H83Cl2N3O12Si. The second kappa shape index (κ2) is 28.5. The predicted molar refractivity (Wildman–Crippen MR) is 322 cm³/mol. The number of amides is 3. The van der Waals surface area contributed by atoms with Crippen molar-refractivity contribution in [3.05, 3.63) is 147 Å². The van der Waals surface area contributed by atoms with Gasteiger partial charge in [-0.05, 0) is 103 Å². The first kappa shape index (κ1) is 65.1. The van der Waals surface area contributed by atoms with E-state index >= 15 is 0 Å². The average Bonchev–Trinajstić information content (AvgIpc) is 2.93. The van der Waals surface area contributed by atoms with Crippen LogP contribution in [-0.2, 0) is 53.7 Å². The number of carbonyl (C=O) groups excluding carboxylic acids is 5. The number of ether oxygens (including phenoxy) is 5. The van der Waals surface area contributed by atoms with Gasteiger partial charge in [0.15, 0.2) is 25.7 Å². The number of likely N-dealkylation sites (N-methyl/N-ethyl adjacent to an activating group) is 1. The van der Waals surface area contributed by atoms with Gasteiger partial charge in [-0.3, -0.25) is 9.59 Å². The third-order valence-corrected chi connectivity index (χ3v) is 22.1. The molecule has 1 heterocycles. The molecule has 0 saturated carbocycles. The molecule has 0 unspecified atom stereocenters. The number of rotatable bonds is 28. The largest absolute Gasteiger partial charge is 0.505 e. The maximum absolute atomic E-state index is 14.9. The van der Waals surface area contributed by atoms with Crippen LogP contribution in [-0.4, -0.2) is 118 Å². The molecule has 0 aromatic heterocycles. The third-order valence-electron chi connectivity index (χ3n) is 16.7. The molecule has 82 heavy (non-hydrogen) atoms. The van der Waals surface area contributed by atoms with Crippen LogP contribution in [0.4, 0.5) is 4.79 Å². The van der Waals surface area contributed by atoms with Crippen LogP contribution in [0.2, 0.25) is 28.2 Å². The van der Waals surface area contributed by atoms with Gasteiger partial charge >= 0.3 is 18.0 Å². The average molecular weight is 1190 g/mol. The summed E-state index contributed by atoms with van der Waals surface area (Å²) >= 11 is 12.3. The van der Waals surface area contributed by atoms with E-state index in [9.17, 15) is 29.1 Å². The molecule has 4 aromatic carbocycles. The summed E-state index contributed by atoms with van der Waals surface area (Å²) in [4.78, 5) is 71.8. The van der Waals surface area contributed by atoms with Crippen LogP contribution in [0.15, 0.2) is 115 Å². The van der Waals surface area contributed by atoms with Gasteiger partial charge in [-0.15, -0.1) is 0 Å². The summed E-state index contributed by atoms with van der Waals surface area (Å²) in [7, 11) is 1.98. The van der Waals surface area contributed by atoms with Gasteiger partial charge in [0.2, 0.25) is 5.91 Å². The number of fused-ring (bicyclic) bond motifs is 3. The molecule has 18 heteroatoms. The quantitative estimate of drug-likeness (QED) is 0.0161. The Morgan fingerprint density at radius 1 is 0.854 bits per heavy atom. The van der Waals surface area contributed by atoms with Crippen LogP contribution in [0.1, 0.15) is 116 Å². The smallest absolute Gasteiger partial charge is 0.407 e. The van der Waals surface area contributed by atoms with Crippen LogP contribution in [0.25, 0.3) is 11.1 Å². The first-order valence-corrected chi connectivity index (χ1v) is 31.7. The molecule has 0 spiro atoms. The van der Waals surface area contributed by atoms with E-state index in [-0.39, 0.29) is 46.6 Å². The molecule has 1 aliphatic carbocycles. The molecule has 3 N–H and O–H groups in total. The number of benzene rings is 4. The lowest BCUT2D eigenvalue weighted by molar-refractivity contribution is -0.159. The van der Waals surface area contributed by atoms with Crippen molar-refractivity contribution in [2.45, 2.75) is 160 Å². The molecule has 1 aliphatic heterocycles. The number of nitrogens with zero attached hydrogens (tertiary/aromatic N) is 1. The number of alkyl carbamates (subject to hydrolysis) is 1. The Morgan fingerprint density at radius 3 is 1.98 bits per heavy atom. The molecular weight excluding hydrogens is 1100 g/mol. The molecule has 4 aromatic rings. The number of epoxide rings is 1. The fourth-order valence-electron chi connectivity index (χ4n) is 11.2. The van der Waals surface area contributed by atoms with Crippen LogP contribution in [0.5, 0.6) is 5.75 Å². The van der Waals surface area contributed by atoms with Crippen molar-refractivity contribution in [1.82, 2.24) is 15.5 Å². The van der Waals surface area contributed by atoms with Crippen molar-refractivity contribution in [2.75, 3.05) is 27.9 Å². The van der Waals surface area contributed by atoms with Gasteiger partial charge in [-0.2, -0.15) is 0 Å². The van der Waals surface area contributed by atoms with Crippen molar-refractivity contribution in [1.29, 1.82) is 0 Å². The lowest BCUT2D eigenvalue weighted by Gasteiger charge is -2.42. The van der Waals surface area contributed by atoms with E-state index in [1.807, 2.05) is 114 Å². The number of nitrogens with one attached hydrogen (secondary N) is 2. The lowest BCUT2D eigenvalue weighted by atomic mass is 9.93. The monoisotopic (exact) mass is 1180 g/mol. The predicted octanol–water partition coefficient (Wildman–Crippen LogP) is 12.5. The first-order chi connectivity index (χ1) is 38.9. The Labute approximate surface area is 495 Å². The van der Waals surface area contributed by atoms with Gasteiger partial charge in [-0.1, -0.05) is 168 Å². The van der Waals surface area contributed by atoms with Crippen molar-refractivity contribution in [3.8, 4) is 16.9 Å². The lowest BCUT2D eigenvalue weighted by Crippen LogP contribution is -2.60. The maximum Gasteiger partial charge on any atom is 0.407 e. The molecule has 3 amide bonds. The summed E-state index contributed by atoms with van der Waals surface area (Å²) in [6.07, 6.45) is 3.97. The number of halogens is 2. The zero-order chi connectivity index (χ0) is 60.3. The maximum atomic E-state index is 14.9. The molecule has 0 bridgehead atoms. The summed E-state index contributed by atoms with van der Waals surface area (Å²) in [6, 6.07) is 27.7. The van der Waals surface area contributed by atoms with Gasteiger partial charge in [0.1, 0.15) is 24.8 Å². The summed E-state index contributed by atoms with van der Waals surface area (Å²) in [5.41, 5.74) is 3.94. The number of carbonyl (C=O) groups is 5. The fraction of sp³-hybridized carbons (Fsp3) is 0.484. The van der Waals surface area contributed by atoms with Gasteiger partial charge in [0, 0.05) is 38.8 Å². The van der Waals surface area contributed by atoms with Gasteiger partial charge in [0.25, 0.3) is 5.91 Å². The molecule has 1 fully saturated rings. The van der Waals surface area contributed by atoms with E-state index < -0.39 is 85.8 Å². The number of phenolic OH excluding ortho intramolecular Hbond substituents is 1. The minimum atomic E-state index is -2.35. The third kappa shape index (κ3) is 15.2. The summed E-state index contributed by atoms with van der Waals surface area (Å²) in [6.45, 7) is 19.4. The summed E-state index contributed by atoms with van der Waals surface area (Å²) in [5, 5.41) is 15.7. The van der Waals surface area contributed by atoms with Crippen LogP contribution >= 0.6 is 23.2 Å². The Morgan fingerprint density at radius 2 is 1.43 bits per heavy atom. The van der Waals surface area contributed by atoms with Crippen LogP contribution < -0.4 is 10.6 Å². The van der Waals surface area contributed by atoms with Gasteiger partial charge in [0.05, 0.1) is 35.0 Å². The molecule has 6 rings (SSSR count). The topological polar surface area (TPSA) is 192 Å². The number of esters is 2. The normalized spacial score (nSPS) is 18.7. The Kier molecular flexibility index (Phi) is 22.7. The number of phenols is 1. The molecule has 9 atom stereocenters. The zero-order valence-electron chi connectivity index (χ0n) is 49.7. The van der Waals surface area contributed by atoms with E-state index in [0.29, 0.717) is 18.4 Å². The molecule has 0 radical (unpaired) electrons. The number of hydrogen-bond acceptors (Lipinski definition) is 12. The van der Waals surface area contributed by atoms with Crippen molar-refractivity contribution >= 4 is 61.4 Å². The highest BCUT2D eigenvalue weighted by molar-refractivity contribution is 6.73. The highest BCUT2D eigenvalue weighted by Crippen LogP contribution is 2.45. The number of methoxy groups -OCH3 is 2. The van der Waals surface area contributed by atoms with E-state index in [4.69, 9.17) is 51.3 Å². The Bertz CT molecular complexity index is 2880. The highest BCUT2D eigenvalue weighted by Gasteiger charge is 2.61.